The van der Waals surface area contributed by atoms with E-state index in [9.17, 15) is 0 Å². The number of imidazole rings is 1. The van der Waals surface area contributed by atoms with E-state index in [1.807, 2.05) is 0 Å². The zero-order valence-electron chi connectivity index (χ0n) is 22.6. The minimum Gasteiger partial charge on any atom is -0.324 e. The maximum Gasteiger partial charge on any atom is 0.119 e. The fourth-order valence-electron chi connectivity index (χ4n) is 5.21. The molecule has 0 unspecified atom stereocenters. The zero-order chi connectivity index (χ0) is 27.2. The predicted molar refractivity (Wildman–Crippen MR) is 191 cm³/mol. The average molecular weight is 847 g/mol. The van der Waals surface area contributed by atoms with Gasteiger partial charge in [-0.2, -0.15) is 0 Å². The maximum atomic E-state index is 4.89. The first-order chi connectivity index (χ1) is 18.7. The fourth-order valence-corrected chi connectivity index (χ4v) is 5.74. The van der Waals surface area contributed by atoms with E-state index < -0.39 is 0 Å². The molecule has 0 atom stereocenters. The summed E-state index contributed by atoms with van der Waals surface area (Å²) in [6.45, 7) is 7.69. The van der Waals surface area contributed by atoms with Gasteiger partial charge in [0.15, 0.2) is 0 Å². The van der Waals surface area contributed by atoms with Crippen molar-refractivity contribution in [3.05, 3.63) is 102 Å². The number of fused-ring (bicyclic) bond motifs is 1. The number of piperidine rings is 1. The zero-order valence-corrected chi connectivity index (χ0v) is 29.0. The summed E-state index contributed by atoms with van der Waals surface area (Å²) in [4.78, 5) is 7.56. The van der Waals surface area contributed by atoms with Crippen LogP contribution in [0.5, 0.6) is 0 Å². The van der Waals surface area contributed by atoms with Crippen molar-refractivity contribution in [1.29, 1.82) is 0 Å². The normalized spacial score (nSPS) is 14.1. The Morgan fingerprint density at radius 1 is 0.763 bits per heavy atom. The second-order valence-electron chi connectivity index (χ2n) is 9.29. The van der Waals surface area contributed by atoms with Gasteiger partial charge >= 0.3 is 0 Å². The van der Waals surface area contributed by atoms with Crippen molar-refractivity contribution in [2.45, 2.75) is 49.5 Å². The highest BCUT2D eigenvalue weighted by molar-refractivity contribution is 14.1. The molecule has 1 aliphatic rings. The number of benzene rings is 3. The van der Waals surface area contributed by atoms with E-state index in [0.29, 0.717) is 12.0 Å². The molecule has 0 saturated carbocycles. The summed E-state index contributed by atoms with van der Waals surface area (Å²) in [5.74, 6) is 1.68. The van der Waals surface area contributed by atoms with Crippen LogP contribution in [0.3, 0.4) is 0 Å². The molecule has 0 aliphatic carbocycles. The Labute approximate surface area is 270 Å². The monoisotopic (exact) mass is 847 g/mol. The molecule has 4 aromatic rings. The lowest BCUT2D eigenvalue weighted by atomic mass is 9.88. The molecule has 38 heavy (non-hydrogen) atoms. The van der Waals surface area contributed by atoms with E-state index in [2.05, 4.69) is 176 Å². The average Bonchev–Trinajstić information content (AvgIpc) is 3.34. The summed E-state index contributed by atoms with van der Waals surface area (Å²) in [6, 6.07) is 31.1. The Balaban J connectivity index is 0.000000611. The number of halogens is 3. The van der Waals surface area contributed by atoms with Crippen molar-refractivity contribution < 1.29 is 0 Å². The summed E-state index contributed by atoms with van der Waals surface area (Å²) < 4.78 is 5.92. The number of aromatic nitrogens is 2. The Hall–Kier alpha value is -0.720. The molecule has 1 saturated heterocycles. The SMILES string of the molecule is CCI.CCI.ICc1nc2ccccc2n1C1CCN(CCC(c2ccccc2)c2ccccc2)CC1. The Morgan fingerprint density at radius 3 is 1.79 bits per heavy atom. The number of hydrogen-bond donors (Lipinski definition) is 0. The highest BCUT2D eigenvalue weighted by Gasteiger charge is 2.25. The van der Waals surface area contributed by atoms with Gasteiger partial charge < -0.3 is 9.47 Å². The molecule has 3 nitrogen and oxygen atoms in total. The van der Waals surface area contributed by atoms with Crippen molar-refractivity contribution in [2.75, 3.05) is 28.5 Å². The van der Waals surface area contributed by atoms with Gasteiger partial charge in [-0.05, 0) is 57.9 Å². The number of likely N-dealkylation sites (tertiary alicyclic amines) is 1. The minimum atomic E-state index is 0.457. The van der Waals surface area contributed by atoms with E-state index in [4.69, 9.17) is 4.98 Å². The van der Waals surface area contributed by atoms with Gasteiger partial charge in [-0.3, -0.25) is 0 Å². The molecule has 2 heterocycles. The van der Waals surface area contributed by atoms with E-state index in [1.165, 1.54) is 44.2 Å². The second-order valence-corrected chi connectivity index (χ2v) is 13.1. The number of rotatable bonds is 7. The highest BCUT2D eigenvalue weighted by atomic mass is 127. The van der Waals surface area contributed by atoms with E-state index in [-0.39, 0.29) is 0 Å². The van der Waals surface area contributed by atoms with Gasteiger partial charge in [-0.25, -0.2) is 4.98 Å². The van der Waals surface area contributed by atoms with Crippen LogP contribution >= 0.6 is 67.8 Å². The number of hydrogen-bond acceptors (Lipinski definition) is 2. The van der Waals surface area contributed by atoms with Crippen LogP contribution in [0.1, 0.15) is 62.0 Å². The van der Waals surface area contributed by atoms with Crippen LogP contribution in [0, 0.1) is 0 Å². The molecular formula is C32H40I3N3. The molecule has 6 heteroatoms. The molecule has 0 N–H and O–H groups in total. The van der Waals surface area contributed by atoms with Crippen molar-refractivity contribution in [1.82, 2.24) is 14.5 Å². The lowest BCUT2D eigenvalue weighted by molar-refractivity contribution is 0.183. The van der Waals surface area contributed by atoms with Crippen LogP contribution in [0.4, 0.5) is 0 Å². The van der Waals surface area contributed by atoms with Crippen molar-refractivity contribution in [3.63, 3.8) is 0 Å². The summed E-state index contributed by atoms with van der Waals surface area (Å²) in [5, 5.41) is 0. The summed E-state index contributed by atoms with van der Waals surface area (Å²) in [5.41, 5.74) is 5.27. The fraction of sp³-hybridized carbons (Fsp3) is 0.406. The third-order valence-electron chi connectivity index (χ3n) is 6.85. The molecule has 1 fully saturated rings. The standard InChI is InChI=1S/C28H30IN3.2C2H5I/c29-21-28-30-26-13-7-8-14-27(26)32(28)24-15-18-31(19-16-24)20-17-25(22-9-3-1-4-10-22)23-11-5-2-6-12-23;2*1-2-3/h1-14,24-25H,15-21H2;2*2H2,1H3. The van der Waals surface area contributed by atoms with Crippen molar-refractivity contribution in [2.24, 2.45) is 0 Å². The number of alkyl halides is 3. The van der Waals surface area contributed by atoms with Gasteiger partial charge in [0.1, 0.15) is 5.82 Å². The van der Waals surface area contributed by atoms with Crippen molar-refractivity contribution >= 4 is 78.8 Å². The van der Waals surface area contributed by atoms with Gasteiger partial charge in [0.25, 0.3) is 0 Å². The first-order valence-electron chi connectivity index (χ1n) is 13.6. The third kappa shape index (κ3) is 9.16. The highest BCUT2D eigenvalue weighted by Crippen LogP contribution is 2.32. The molecule has 0 radical (unpaired) electrons. The molecule has 1 aliphatic heterocycles. The van der Waals surface area contributed by atoms with Crippen LogP contribution in [0.15, 0.2) is 84.9 Å². The lowest BCUT2D eigenvalue weighted by Crippen LogP contribution is -2.36. The maximum absolute atomic E-state index is 4.89. The van der Waals surface area contributed by atoms with Crippen LogP contribution in [0.2, 0.25) is 0 Å². The molecule has 0 bridgehead atoms. The minimum absolute atomic E-state index is 0.457. The van der Waals surface area contributed by atoms with Crippen LogP contribution < -0.4 is 0 Å². The Kier molecular flexibility index (Phi) is 14.9. The molecule has 3 aromatic carbocycles. The third-order valence-corrected chi connectivity index (χ3v) is 7.53. The molecule has 204 valence electrons. The van der Waals surface area contributed by atoms with Gasteiger partial charge in [0, 0.05) is 25.0 Å². The smallest absolute Gasteiger partial charge is 0.119 e. The number of para-hydroxylation sites is 2. The molecule has 5 rings (SSSR count). The number of nitrogens with zero attached hydrogens (tertiary/aromatic N) is 3. The molecule has 0 spiro atoms. The quantitative estimate of drug-likeness (QED) is 0.137. The topological polar surface area (TPSA) is 21.1 Å². The van der Waals surface area contributed by atoms with Gasteiger partial charge in [-0.15, -0.1) is 0 Å². The molecule has 1 aromatic heterocycles. The van der Waals surface area contributed by atoms with Gasteiger partial charge in [0.2, 0.25) is 0 Å². The van der Waals surface area contributed by atoms with E-state index in [1.54, 1.807) is 0 Å². The second kappa shape index (κ2) is 17.9. The van der Waals surface area contributed by atoms with Gasteiger partial charge in [0.05, 0.1) is 15.5 Å². The lowest BCUT2D eigenvalue weighted by Gasteiger charge is -2.34. The first-order valence-corrected chi connectivity index (χ1v) is 18.2. The van der Waals surface area contributed by atoms with Crippen LogP contribution in [0.25, 0.3) is 11.0 Å². The van der Waals surface area contributed by atoms with Crippen LogP contribution in [-0.4, -0.2) is 42.9 Å². The molecular weight excluding hydrogens is 807 g/mol. The summed E-state index contributed by atoms with van der Waals surface area (Å²) in [7, 11) is 0. The van der Waals surface area contributed by atoms with E-state index >= 15 is 0 Å². The summed E-state index contributed by atoms with van der Waals surface area (Å²) >= 11 is 7.03. The predicted octanol–water partition coefficient (Wildman–Crippen LogP) is 9.71. The van der Waals surface area contributed by atoms with E-state index in [0.717, 1.165) is 36.0 Å². The van der Waals surface area contributed by atoms with Gasteiger partial charge in [-0.1, -0.05) is 154 Å². The Bertz CT molecular complexity index is 1130. The Morgan fingerprint density at radius 2 is 1.26 bits per heavy atom. The molecule has 0 amide bonds. The van der Waals surface area contributed by atoms with Crippen molar-refractivity contribution in [3.8, 4) is 0 Å². The van der Waals surface area contributed by atoms with Crippen LogP contribution in [-0.2, 0) is 4.43 Å². The summed E-state index contributed by atoms with van der Waals surface area (Å²) in [6.07, 6.45) is 3.56. The first kappa shape index (κ1) is 31.8. The largest absolute Gasteiger partial charge is 0.324 e.